The topological polar surface area (TPSA) is 29.1 Å². The van der Waals surface area contributed by atoms with Crippen LogP contribution in [0.15, 0.2) is 46.9 Å². The molecule has 0 radical (unpaired) electrons. The lowest BCUT2D eigenvalue weighted by molar-refractivity contribution is -0.121. The predicted octanol–water partition coefficient (Wildman–Crippen LogP) is 4.88. The maximum Gasteiger partial charge on any atom is 0.224 e. The summed E-state index contributed by atoms with van der Waals surface area (Å²) >= 11 is 3.44. The number of aryl methyl sites for hydroxylation is 2. The number of carbonyl (C=O) groups excluding carboxylic acids is 1. The molecule has 0 fully saturated rings. The third-order valence-electron chi connectivity index (χ3n) is 3.80. The molecule has 2 aromatic carbocycles. The van der Waals surface area contributed by atoms with E-state index in [-0.39, 0.29) is 11.9 Å². The summed E-state index contributed by atoms with van der Waals surface area (Å²) in [6, 6.07) is 14.3. The summed E-state index contributed by atoms with van der Waals surface area (Å²) in [7, 11) is 0. The van der Waals surface area contributed by atoms with Crippen molar-refractivity contribution in [2.45, 2.75) is 39.7 Å². The summed E-state index contributed by atoms with van der Waals surface area (Å²) in [5, 5.41) is 3.16. The van der Waals surface area contributed by atoms with Gasteiger partial charge in [0.1, 0.15) is 0 Å². The van der Waals surface area contributed by atoms with Gasteiger partial charge in [0.05, 0.1) is 12.5 Å². The van der Waals surface area contributed by atoms with Crippen molar-refractivity contribution in [1.29, 1.82) is 0 Å². The summed E-state index contributed by atoms with van der Waals surface area (Å²) in [5.41, 5.74) is 4.70. The number of halogens is 1. The lowest BCUT2D eigenvalue weighted by Crippen LogP contribution is -2.30. The van der Waals surface area contributed by atoms with Crippen molar-refractivity contribution in [3.05, 3.63) is 69.2 Å². The zero-order chi connectivity index (χ0) is 16.1. The first-order valence-electron chi connectivity index (χ1n) is 7.60. The van der Waals surface area contributed by atoms with E-state index >= 15 is 0 Å². The number of carbonyl (C=O) groups is 1. The number of benzene rings is 2. The van der Waals surface area contributed by atoms with Gasteiger partial charge in [-0.3, -0.25) is 4.79 Å². The molecule has 2 aromatic rings. The van der Waals surface area contributed by atoms with Gasteiger partial charge in [0.15, 0.2) is 0 Å². The van der Waals surface area contributed by atoms with Crippen LogP contribution in [-0.4, -0.2) is 5.91 Å². The molecule has 116 valence electrons. The van der Waals surface area contributed by atoms with Crippen LogP contribution >= 0.6 is 15.9 Å². The summed E-state index contributed by atoms with van der Waals surface area (Å²) in [6.07, 6.45) is 1.29. The number of hydrogen-bond acceptors (Lipinski definition) is 1. The smallest absolute Gasteiger partial charge is 0.224 e. The average Bonchev–Trinajstić information content (AvgIpc) is 2.45. The van der Waals surface area contributed by atoms with E-state index in [1.807, 2.05) is 24.3 Å². The fourth-order valence-electron chi connectivity index (χ4n) is 2.69. The highest BCUT2D eigenvalue weighted by molar-refractivity contribution is 9.10. The van der Waals surface area contributed by atoms with Crippen molar-refractivity contribution < 1.29 is 4.79 Å². The highest BCUT2D eigenvalue weighted by atomic mass is 79.9. The summed E-state index contributed by atoms with van der Waals surface area (Å²) < 4.78 is 0.999. The highest BCUT2D eigenvalue weighted by Gasteiger charge is 2.15. The molecule has 1 N–H and O–H groups in total. The summed E-state index contributed by atoms with van der Waals surface area (Å²) in [4.78, 5) is 12.3. The van der Waals surface area contributed by atoms with Crippen molar-refractivity contribution in [1.82, 2.24) is 5.32 Å². The average molecular weight is 360 g/mol. The van der Waals surface area contributed by atoms with Crippen LogP contribution in [0.5, 0.6) is 0 Å². The van der Waals surface area contributed by atoms with Crippen LogP contribution < -0.4 is 5.32 Å². The second-order valence-corrected chi connectivity index (χ2v) is 6.61. The maximum atomic E-state index is 12.3. The fourth-order valence-corrected chi connectivity index (χ4v) is 3.14. The van der Waals surface area contributed by atoms with Crippen LogP contribution in [0.2, 0.25) is 0 Å². The second kappa shape index (κ2) is 7.59. The molecule has 0 spiro atoms. The zero-order valence-corrected chi connectivity index (χ0v) is 14.9. The van der Waals surface area contributed by atoms with E-state index in [4.69, 9.17) is 0 Å². The Balaban J connectivity index is 2.08. The van der Waals surface area contributed by atoms with Crippen LogP contribution in [0, 0.1) is 13.8 Å². The molecule has 2 rings (SSSR count). The second-order valence-electron chi connectivity index (χ2n) is 5.70. The van der Waals surface area contributed by atoms with E-state index in [2.05, 4.69) is 60.2 Å². The molecule has 1 atom stereocenters. The Kier molecular flexibility index (Phi) is 5.78. The largest absolute Gasteiger partial charge is 0.349 e. The van der Waals surface area contributed by atoms with Crippen molar-refractivity contribution in [2.24, 2.45) is 0 Å². The molecule has 0 bridgehead atoms. The zero-order valence-electron chi connectivity index (χ0n) is 13.3. The molecule has 2 nitrogen and oxygen atoms in total. The number of hydrogen-bond donors (Lipinski definition) is 1. The minimum Gasteiger partial charge on any atom is -0.349 e. The van der Waals surface area contributed by atoms with Gasteiger partial charge in [-0.05, 0) is 49.1 Å². The van der Waals surface area contributed by atoms with Crippen molar-refractivity contribution in [3.63, 3.8) is 0 Å². The minimum absolute atomic E-state index is 0.0601. The van der Waals surface area contributed by atoms with Crippen molar-refractivity contribution in [3.8, 4) is 0 Å². The van der Waals surface area contributed by atoms with Gasteiger partial charge in [-0.25, -0.2) is 0 Å². The predicted molar refractivity (Wildman–Crippen MR) is 94.9 cm³/mol. The molecule has 0 aliphatic carbocycles. The lowest BCUT2D eigenvalue weighted by Gasteiger charge is -2.20. The van der Waals surface area contributed by atoms with Gasteiger partial charge in [-0.15, -0.1) is 0 Å². The first-order chi connectivity index (χ1) is 10.5. The monoisotopic (exact) mass is 359 g/mol. The van der Waals surface area contributed by atoms with E-state index in [1.54, 1.807) is 0 Å². The number of nitrogens with one attached hydrogen (secondary N) is 1. The molecule has 0 saturated heterocycles. The molecular formula is C19H22BrNO. The molecular weight excluding hydrogens is 338 g/mol. The third-order valence-corrected chi connectivity index (χ3v) is 4.29. The van der Waals surface area contributed by atoms with Crippen LogP contribution in [0.1, 0.15) is 41.6 Å². The van der Waals surface area contributed by atoms with E-state index in [9.17, 15) is 4.79 Å². The van der Waals surface area contributed by atoms with Gasteiger partial charge in [0.25, 0.3) is 0 Å². The molecule has 0 heterocycles. The van der Waals surface area contributed by atoms with Gasteiger partial charge < -0.3 is 5.32 Å². The first-order valence-corrected chi connectivity index (χ1v) is 8.40. The Hall–Kier alpha value is -1.61. The molecule has 0 unspecified atom stereocenters. The van der Waals surface area contributed by atoms with E-state index < -0.39 is 0 Å². The minimum atomic E-state index is 0.0601. The molecule has 0 aromatic heterocycles. The Morgan fingerprint density at radius 2 is 1.95 bits per heavy atom. The SMILES string of the molecule is CC[C@H](NC(=O)Cc1cccc(Br)c1)c1ccc(C)cc1C. The van der Waals surface area contributed by atoms with Crippen LogP contribution in [0.25, 0.3) is 0 Å². The lowest BCUT2D eigenvalue weighted by atomic mass is 9.97. The van der Waals surface area contributed by atoms with Gasteiger partial charge >= 0.3 is 0 Å². The Labute approximate surface area is 141 Å². The normalized spacial score (nSPS) is 12.0. The first kappa shape index (κ1) is 16.8. The maximum absolute atomic E-state index is 12.3. The molecule has 1 amide bonds. The van der Waals surface area contributed by atoms with E-state index in [1.165, 1.54) is 16.7 Å². The molecule has 0 saturated carbocycles. The quantitative estimate of drug-likeness (QED) is 0.809. The van der Waals surface area contributed by atoms with Gasteiger partial charge in [0, 0.05) is 4.47 Å². The standard InChI is InChI=1S/C19H22BrNO/c1-4-18(17-9-8-13(2)10-14(17)3)21-19(22)12-15-6-5-7-16(20)11-15/h5-11,18H,4,12H2,1-3H3,(H,21,22)/t18-/m0/s1. The Morgan fingerprint density at radius 1 is 1.18 bits per heavy atom. The highest BCUT2D eigenvalue weighted by Crippen LogP contribution is 2.22. The van der Waals surface area contributed by atoms with Crippen molar-refractivity contribution >= 4 is 21.8 Å². The molecule has 0 aliphatic heterocycles. The van der Waals surface area contributed by atoms with E-state index in [0.29, 0.717) is 6.42 Å². The number of amides is 1. The fraction of sp³-hybridized carbons (Fsp3) is 0.316. The summed E-state index contributed by atoms with van der Waals surface area (Å²) in [5.74, 6) is 0.0601. The summed E-state index contributed by atoms with van der Waals surface area (Å²) in [6.45, 7) is 6.29. The molecule has 0 aliphatic rings. The van der Waals surface area contributed by atoms with Crippen LogP contribution in [-0.2, 0) is 11.2 Å². The van der Waals surface area contributed by atoms with Gasteiger partial charge in [-0.1, -0.05) is 58.7 Å². The molecule has 22 heavy (non-hydrogen) atoms. The Bertz CT molecular complexity index is 666. The van der Waals surface area contributed by atoms with E-state index in [0.717, 1.165) is 16.5 Å². The molecule has 3 heteroatoms. The van der Waals surface area contributed by atoms with Gasteiger partial charge in [0.2, 0.25) is 5.91 Å². The van der Waals surface area contributed by atoms with Crippen LogP contribution in [0.4, 0.5) is 0 Å². The van der Waals surface area contributed by atoms with Crippen LogP contribution in [0.3, 0.4) is 0 Å². The third kappa shape index (κ3) is 4.44. The number of rotatable bonds is 5. The van der Waals surface area contributed by atoms with Crippen molar-refractivity contribution in [2.75, 3.05) is 0 Å². The Morgan fingerprint density at radius 3 is 2.59 bits per heavy atom. The van der Waals surface area contributed by atoms with Gasteiger partial charge in [-0.2, -0.15) is 0 Å².